The van der Waals surface area contributed by atoms with Crippen molar-refractivity contribution in [2.45, 2.75) is 33.0 Å². The number of halogens is 3. The van der Waals surface area contributed by atoms with E-state index in [2.05, 4.69) is 5.32 Å². The van der Waals surface area contributed by atoms with Crippen LogP contribution in [0.3, 0.4) is 0 Å². The molecule has 0 aliphatic heterocycles. The Balaban J connectivity index is 2.60. The first-order valence-electron chi connectivity index (χ1n) is 6.42. The van der Waals surface area contributed by atoms with Gasteiger partial charge in [0.1, 0.15) is 0 Å². The zero-order valence-electron chi connectivity index (χ0n) is 11.8. The number of benzene rings is 1. The summed E-state index contributed by atoms with van der Waals surface area (Å²) in [6, 6.07) is 6.32. The molecule has 1 rings (SSSR count). The molecule has 0 saturated heterocycles. The van der Waals surface area contributed by atoms with Crippen molar-refractivity contribution in [1.82, 2.24) is 5.32 Å². The summed E-state index contributed by atoms with van der Waals surface area (Å²) in [5, 5.41) is 4.43. The number of carbonyl (C=O) groups excluding carboxylic acids is 2. The maximum atomic E-state index is 12.1. The number of amides is 2. The predicted octanol–water partition coefficient (Wildman–Crippen LogP) is 2.85. The van der Waals surface area contributed by atoms with Gasteiger partial charge in [-0.25, -0.2) is 0 Å². The molecule has 1 aromatic carbocycles. The highest BCUT2D eigenvalue weighted by atomic mass is 19.4. The van der Waals surface area contributed by atoms with Gasteiger partial charge in [-0.1, -0.05) is 26.0 Å². The van der Waals surface area contributed by atoms with Crippen LogP contribution in [0.15, 0.2) is 24.3 Å². The van der Waals surface area contributed by atoms with E-state index in [1.165, 1.54) is 6.07 Å². The van der Waals surface area contributed by atoms with Gasteiger partial charge < -0.3 is 10.6 Å². The van der Waals surface area contributed by atoms with Crippen molar-refractivity contribution in [3.8, 4) is 0 Å². The van der Waals surface area contributed by atoms with E-state index < -0.39 is 12.1 Å². The Bertz CT molecular complexity index is 513. The molecule has 0 radical (unpaired) electrons. The first kappa shape index (κ1) is 17.0. The maximum Gasteiger partial charge on any atom is 0.471 e. The molecule has 7 heteroatoms. The second-order valence-corrected chi connectivity index (χ2v) is 5.03. The lowest BCUT2D eigenvalue weighted by Gasteiger charge is -2.10. The minimum Gasteiger partial charge on any atom is -0.344 e. The van der Waals surface area contributed by atoms with Crippen LogP contribution < -0.4 is 10.6 Å². The van der Waals surface area contributed by atoms with Crippen molar-refractivity contribution in [2.24, 2.45) is 5.92 Å². The van der Waals surface area contributed by atoms with Crippen LogP contribution in [0.1, 0.15) is 25.8 Å². The molecule has 0 atom stereocenters. The molecule has 0 aromatic heterocycles. The van der Waals surface area contributed by atoms with Crippen molar-refractivity contribution in [3.63, 3.8) is 0 Å². The first-order valence-corrected chi connectivity index (χ1v) is 6.42. The van der Waals surface area contributed by atoms with Gasteiger partial charge >= 0.3 is 12.1 Å². The van der Waals surface area contributed by atoms with E-state index in [4.69, 9.17) is 0 Å². The van der Waals surface area contributed by atoms with Crippen LogP contribution in [0.4, 0.5) is 18.9 Å². The summed E-state index contributed by atoms with van der Waals surface area (Å²) in [6.07, 6.45) is -4.54. The Labute approximate surface area is 120 Å². The normalized spacial score (nSPS) is 11.3. The van der Waals surface area contributed by atoms with Crippen LogP contribution in [0.5, 0.6) is 0 Å². The second-order valence-electron chi connectivity index (χ2n) is 5.03. The topological polar surface area (TPSA) is 58.2 Å². The first-order chi connectivity index (χ1) is 9.68. The molecule has 116 valence electrons. The highest BCUT2D eigenvalue weighted by Gasteiger charge is 2.38. The van der Waals surface area contributed by atoms with Gasteiger partial charge in [0.2, 0.25) is 5.91 Å². The van der Waals surface area contributed by atoms with Gasteiger partial charge in [0, 0.05) is 18.7 Å². The zero-order valence-corrected chi connectivity index (χ0v) is 11.8. The van der Waals surface area contributed by atoms with Crippen LogP contribution >= 0.6 is 0 Å². The quantitative estimate of drug-likeness (QED) is 0.878. The van der Waals surface area contributed by atoms with Crippen molar-refractivity contribution in [3.05, 3.63) is 29.8 Å². The number of anilines is 1. The van der Waals surface area contributed by atoms with E-state index in [1.54, 1.807) is 23.5 Å². The molecule has 0 unspecified atom stereocenters. The van der Waals surface area contributed by atoms with Crippen LogP contribution in [-0.2, 0) is 16.1 Å². The Morgan fingerprint density at radius 1 is 1.24 bits per heavy atom. The minimum absolute atomic E-state index is 0.165. The highest BCUT2D eigenvalue weighted by Crippen LogP contribution is 2.16. The van der Waals surface area contributed by atoms with Crippen molar-refractivity contribution < 1.29 is 22.8 Å². The van der Waals surface area contributed by atoms with Crippen LogP contribution in [0.25, 0.3) is 0 Å². The van der Waals surface area contributed by atoms with Gasteiger partial charge in [-0.15, -0.1) is 0 Å². The molecule has 2 N–H and O–H groups in total. The molecule has 0 aliphatic carbocycles. The number of nitrogens with one attached hydrogen (secondary N) is 2. The molecule has 2 amide bonds. The molecule has 0 bridgehead atoms. The Hall–Kier alpha value is -2.05. The molecule has 21 heavy (non-hydrogen) atoms. The lowest BCUT2D eigenvalue weighted by Crippen LogP contribution is -2.36. The van der Waals surface area contributed by atoms with Crippen molar-refractivity contribution in [1.29, 1.82) is 0 Å². The number of hydrogen-bond acceptors (Lipinski definition) is 2. The monoisotopic (exact) mass is 302 g/mol. The smallest absolute Gasteiger partial charge is 0.344 e. The average Bonchev–Trinajstić information content (AvgIpc) is 2.34. The van der Waals surface area contributed by atoms with Gasteiger partial charge in [0.15, 0.2) is 0 Å². The van der Waals surface area contributed by atoms with E-state index in [9.17, 15) is 22.8 Å². The third-order valence-corrected chi connectivity index (χ3v) is 2.51. The number of hydrogen-bond donors (Lipinski definition) is 2. The molecule has 0 spiro atoms. The largest absolute Gasteiger partial charge is 0.471 e. The Kier molecular flexibility index (Phi) is 5.75. The second kappa shape index (κ2) is 7.10. The fourth-order valence-electron chi connectivity index (χ4n) is 1.62. The summed E-state index contributed by atoms with van der Waals surface area (Å²) in [4.78, 5) is 22.3. The van der Waals surface area contributed by atoms with E-state index >= 15 is 0 Å². The third-order valence-electron chi connectivity index (χ3n) is 2.51. The summed E-state index contributed by atoms with van der Waals surface area (Å²) < 4.78 is 36.2. The summed E-state index contributed by atoms with van der Waals surface area (Å²) in [7, 11) is 0. The van der Waals surface area contributed by atoms with Crippen LogP contribution in [-0.4, -0.2) is 18.0 Å². The standard InChI is InChI=1S/C14H17F3N2O2/c1-9(2)6-12(20)19-11-5-3-4-10(7-11)8-18-13(21)14(15,16)17/h3-5,7,9H,6,8H2,1-2H3,(H,18,21)(H,19,20). The fraction of sp³-hybridized carbons (Fsp3) is 0.429. The summed E-state index contributed by atoms with van der Waals surface area (Å²) in [6.45, 7) is 3.55. The highest BCUT2D eigenvalue weighted by molar-refractivity contribution is 5.90. The van der Waals surface area contributed by atoms with Gasteiger partial charge in [0.05, 0.1) is 0 Å². The lowest BCUT2D eigenvalue weighted by molar-refractivity contribution is -0.173. The zero-order chi connectivity index (χ0) is 16.0. The van der Waals surface area contributed by atoms with Gasteiger partial charge in [0.25, 0.3) is 0 Å². The third kappa shape index (κ3) is 6.29. The molecule has 4 nitrogen and oxygen atoms in total. The van der Waals surface area contributed by atoms with Crippen molar-refractivity contribution in [2.75, 3.05) is 5.32 Å². The number of carbonyl (C=O) groups is 2. The van der Waals surface area contributed by atoms with Gasteiger partial charge in [-0.2, -0.15) is 13.2 Å². The number of rotatable bonds is 5. The molecule has 0 fully saturated rings. The lowest BCUT2D eigenvalue weighted by atomic mass is 10.1. The number of alkyl halides is 3. The fourth-order valence-corrected chi connectivity index (χ4v) is 1.62. The molecular formula is C14H17F3N2O2. The van der Waals surface area contributed by atoms with Crippen molar-refractivity contribution >= 4 is 17.5 Å². The van der Waals surface area contributed by atoms with E-state index in [1.807, 2.05) is 13.8 Å². The van der Waals surface area contributed by atoms with E-state index in [0.717, 1.165) is 0 Å². The molecular weight excluding hydrogens is 285 g/mol. The molecule has 1 aromatic rings. The van der Waals surface area contributed by atoms with Gasteiger partial charge in [-0.05, 0) is 23.6 Å². The SMILES string of the molecule is CC(C)CC(=O)Nc1cccc(CNC(=O)C(F)(F)F)c1. The summed E-state index contributed by atoms with van der Waals surface area (Å²) in [5.41, 5.74) is 0.953. The van der Waals surface area contributed by atoms with E-state index in [-0.39, 0.29) is 18.4 Å². The summed E-state index contributed by atoms with van der Waals surface area (Å²) >= 11 is 0. The van der Waals surface area contributed by atoms with Crippen LogP contribution in [0, 0.1) is 5.92 Å². The molecule has 0 aliphatic rings. The molecule has 0 saturated carbocycles. The maximum absolute atomic E-state index is 12.1. The van der Waals surface area contributed by atoms with Gasteiger partial charge in [-0.3, -0.25) is 9.59 Å². The summed E-state index contributed by atoms with van der Waals surface area (Å²) in [5.74, 6) is -1.95. The van der Waals surface area contributed by atoms with E-state index in [0.29, 0.717) is 17.7 Å². The predicted molar refractivity (Wildman–Crippen MR) is 72.4 cm³/mol. The van der Waals surface area contributed by atoms with Crippen LogP contribution in [0.2, 0.25) is 0 Å². The Morgan fingerprint density at radius 3 is 2.48 bits per heavy atom. The Morgan fingerprint density at radius 2 is 1.90 bits per heavy atom. The molecule has 0 heterocycles. The minimum atomic E-state index is -4.90. The average molecular weight is 302 g/mol.